The van der Waals surface area contributed by atoms with Crippen LogP contribution in [0, 0.1) is 0 Å². The van der Waals surface area contributed by atoms with Crippen LogP contribution in [0.1, 0.15) is 19.4 Å². The molecule has 0 bridgehead atoms. The van der Waals surface area contributed by atoms with Crippen LogP contribution in [-0.4, -0.2) is 38.8 Å². The Morgan fingerprint density at radius 3 is 2.33 bits per heavy atom. The lowest BCUT2D eigenvalue weighted by Crippen LogP contribution is -2.41. The first kappa shape index (κ1) is 14.9. The van der Waals surface area contributed by atoms with Gasteiger partial charge in [-0.2, -0.15) is 0 Å². The molecular formula is C13H23N3O2. The van der Waals surface area contributed by atoms with E-state index in [1.54, 1.807) is 6.20 Å². The SMILES string of the molecule is CCOC(CN)(OCC)c1ccnc(N(C)C)c1. The highest BCUT2D eigenvalue weighted by molar-refractivity contribution is 5.40. The molecule has 1 aromatic rings. The Balaban J connectivity index is 3.14. The highest BCUT2D eigenvalue weighted by Gasteiger charge is 2.32. The molecule has 0 aliphatic carbocycles. The molecule has 0 aliphatic heterocycles. The summed E-state index contributed by atoms with van der Waals surface area (Å²) in [5.41, 5.74) is 6.75. The minimum atomic E-state index is -0.878. The second-order valence-corrected chi connectivity index (χ2v) is 4.12. The van der Waals surface area contributed by atoms with Crippen molar-refractivity contribution >= 4 is 5.82 Å². The molecule has 0 amide bonds. The van der Waals surface area contributed by atoms with Gasteiger partial charge in [0.05, 0.1) is 6.54 Å². The molecular weight excluding hydrogens is 230 g/mol. The van der Waals surface area contributed by atoms with Crippen molar-refractivity contribution in [2.45, 2.75) is 19.6 Å². The van der Waals surface area contributed by atoms with Crippen molar-refractivity contribution in [3.8, 4) is 0 Å². The third-order valence-electron chi connectivity index (χ3n) is 2.67. The Labute approximate surface area is 109 Å². The molecule has 0 spiro atoms. The number of rotatable bonds is 7. The predicted octanol–water partition coefficient (Wildman–Crippen LogP) is 1.33. The standard InChI is InChI=1S/C13H23N3O2/c1-5-17-13(10-14,18-6-2)11-7-8-15-12(9-11)16(3)4/h7-9H,5-6,10,14H2,1-4H3. The largest absolute Gasteiger partial charge is 0.363 e. The molecule has 18 heavy (non-hydrogen) atoms. The van der Waals surface area contributed by atoms with E-state index in [9.17, 15) is 0 Å². The number of pyridine rings is 1. The minimum Gasteiger partial charge on any atom is -0.363 e. The minimum absolute atomic E-state index is 0.269. The topological polar surface area (TPSA) is 60.6 Å². The molecule has 0 saturated carbocycles. The highest BCUT2D eigenvalue weighted by atomic mass is 16.7. The fraction of sp³-hybridized carbons (Fsp3) is 0.615. The van der Waals surface area contributed by atoms with Crippen LogP contribution in [0.15, 0.2) is 18.3 Å². The second kappa shape index (κ2) is 6.68. The third kappa shape index (κ3) is 3.19. The van der Waals surface area contributed by atoms with Crippen LogP contribution in [0.5, 0.6) is 0 Å². The Morgan fingerprint density at radius 2 is 1.89 bits per heavy atom. The summed E-state index contributed by atoms with van der Waals surface area (Å²) in [6.07, 6.45) is 1.74. The van der Waals surface area contributed by atoms with E-state index in [-0.39, 0.29) is 6.54 Å². The van der Waals surface area contributed by atoms with E-state index in [0.29, 0.717) is 13.2 Å². The summed E-state index contributed by atoms with van der Waals surface area (Å²) in [4.78, 5) is 6.21. The summed E-state index contributed by atoms with van der Waals surface area (Å²) in [7, 11) is 3.88. The molecule has 102 valence electrons. The maximum atomic E-state index is 5.85. The third-order valence-corrected chi connectivity index (χ3v) is 2.67. The molecule has 0 unspecified atom stereocenters. The van der Waals surface area contributed by atoms with Gasteiger partial charge in [0.2, 0.25) is 5.79 Å². The fourth-order valence-corrected chi connectivity index (χ4v) is 1.81. The molecule has 0 atom stereocenters. The smallest absolute Gasteiger partial charge is 0.207 e. The van der Waals surface area contributed by atoms with Crippen LogP contribution >= 0.6 is 0 Å². The van der Waals surface area contributed by atoms with Gasteiger partial charge in [0, 0.05) is 39.1 Å². The van der Waals surface area contributed by atoms with Crippen molar-refractivity contribution in [2.24, 2.45) is 5.73 Å². The van der Waals surface area contributed by atoms with Crippen molar-refractivity contribution in [3.05, 3.63) is 23.9 Å². The Kier molecular flexibility index (Phi) is 5.53. The van der Waals surface area contributed by atoms with Crippen molar-refractivity contribution in [3.63, 3.8) is 0 Å². The number of ether oxygens (including phenoxy) is 2. The van der Waals surface area contributed by atoms with Gasteiger partial charge in [-0.15, -0.1) is 0 Å². The van der Waals surface area contributed by atoms with Crippen LogP contribution in [0.2, 0.25) is 0 Å². The van der Waals surface area contributed by atoms with E-state index >= 15 is 0 Å². The summed E-state index contributed by atoms with van der Waals surface area (Å²) in [6.45, 7) is 5.20. The number of anilines is 1. The van der Waals surface area contributed by atoms with Crippen LogP contribution in [0.4, 0.5) is 5.82 Å². The monoisotopic (exact) mass is 253 g/mol. The summed E-state index contributed by atoms with van der Waals surface area (Å²) >= 11 is 0. The Bertz CT molecular complexity index is 363. The van der Waals surface area contributed by atoms with E-state index in [1.165, 1.54) is 0 Å². The fourth-order valence-electron chi connectivity index (χ4n) is 1.81. The highest BCUT2D eigenvalue weighted by Crippen LogP contribution is 2.28. The van der Waals surface area contributed by atoms with Crippen molar-refractivity contribution in [1.29, 1.82) is 0 Å². The van der Waals surface area contributed by atoms with Gasteiger partial charge < -0.3 is 20.1 Å². The van der Waals surface area contributed by atoms with Gasteiger partial charge in [0.15, 0.2) is 0 Å². The van der Waals surface area contributed by atoms with Crippen LogP contribution in [0.25, 0.3) is 0 Å². The average Bonchev–Trinajstić information content (AvgIpc) is 2.38. The predicted molar refractivity (Wildman–Crippen MR) is 72.5 cm³/mol. The van der Waals surface area contributed by atoms with Gasteiger partial charge in [-0.3, -0.25) is 0 Å². The van der Waals surface area contributed by atoms with Crippen LogP contribution < -0.4 is 10.6 Å². The summed E-state index contributed by atoms with van der Waals surface area (Å²) in [5, 5.41) is 0. The van der Waals surface area contributed by atoms with Crippen molar-refractivity contribution in [1.82, 2.24) is 4.98 Å². The lowest BCUT2D eigenvalue weighted by molar-refractivity contribution is -0.235. The summed E-state index contributed by atoms with van der Waals surface area (Å²) < 4.78 is 11.5. The maximum Gasteiger partial charge on any atom is 0.207 e. The quantitative estimate of drug-likeness (QED) is 0.743. The molecule has 5 nitrogen and oxygen atoms in total. The molecule has 1 aromatic heterocycles. The Morgan fingerprint density at radius 1 is 1.28 bits per heavy atom. The van der Waals surface area contributed by atoms with E-state index < -0.39 is 5.79 Å². The first-order valence-corrected chi connectivity index (χ1v) is 6.21. The molecule has 0 fully saturated rings. The number of hydrogen-bond acceptors (Lipinski definition) is 5. The van der Waals surface area contributed by atoms with Gasteiger partial charge in [0.1, 0.15) is 5.82 Å². The van der Waals surface area contributed by atoms with Crippen molar-refractivity contribution in [2.75, 3.05) is 38.8 Å². The zero-order chi connectivity index (χ0) is 13.6. The normalized spacial score (nSPS) is 11.6. The Hall–Kier alpha value is -1.17. The molecule has 1 rings (SSSR count). The molecule has 2 N–H and O–H groups in total. The zero-order valence-electron chi connectivity index (χ0n) is 11.6. The van der Waals surface area contributed by atoms with Crippen LogP contribution in [0.3, 0.4) is 0 Å². The number of aromatic nitrogens is 1. The van der Waals surface area contributed by atoms with E-state index in [4.69, 9.17) is 15.2 Å². The van der Waals surface area contributed by atoms with Gasteiger partial charge >= 0.3 is 0 Å². The molecule has 0 aromatic carbocycles. The number of nitrogens with zero attached hydrogens (tertiary/aromatic N) is 2. The first-order chi connectivity index (χ1) is 8.59. The van der Waals surface area contributed by atoms with Gasteiger partial charge in [0.25, 0.3) is 0 Å². The number of nitrogens with two attached hydrogens (primary N) is 1. The van der Waals surface area contributed by atoms with E-state index in [2.05, 4.69) is 4.98 Å². The molecule has 0 saturated heterocycles. The lowest BCUT2D eigenvalue weighted by Gasteiger charge is -2.32. The lowest BCUT2D eigenvalue weighted by atomic mass is 10.1. The molecule has 0 aliphatic rings. The van der Waals surface area contributed by atoms with Gasteiger partial charge in [-0.1, -0.05) is 0 Å². The van der Waals surface area contributed by atoms with E-state index in [1.807, 2.05) is 45.0 Å². The van der Waals surface area contributed by atoms with Crippen molar-refractivity contribution < 1.29 is 9.47 Å². The molecule has 1 heterocycles. The van der Waals surface area contributed by atoms with Crippen LogP contribution in [-0.2, 0) is 15.3 Å². The van der Waals surface area contributed by atoms with E-state index in [0.717, 1.165) is 11.4 Å². The number of hydrogen-bond donors (Lipinski definition) is 1. The van der Waals surface area contributed by atoms with Gasteiger partial charge in [-0.25, -0.2) is 4.98 Å². The summed E-state index contributed by atoms with van der Waals surface area (Å²) in [6, 6.07) is 3.82. The summed E-state index contributed by atoms with van der Waals surface area (Å²) in [5.74, 6) is -0.0262. The molecule has 5 heteroatoms. The maximum absolute atomic E-state index is 5.85. The molecule has 0 radical (unpaired) electrons. The second-order valence-electron chi connectivity index (χ2n) is 4.12. The van der Waals surface area contributed by atoms with Gasteiger partial charge in [-0.05, 0) is 26.0 Å². The zero-order valence-corrected chi connectivity index (χ0v) is 11.6. The average molecular weight is 253 g/mol. The first-order valence-electron chi connectivity index (χ1n) is 6.21.